The highest BCUT2D eigenvalue weighted by molar-refractivity contribution is 7.89. The molecule has 3 aromatic rings. The van der Waals surface area contributed by atoms with E-state index < -0.39 is 15.8 Å². The van der Waals surface area contributed by atoms with Crippen LogP contribution in [0.2, 0.25) is 0 Å². The Morgan fingerprint density at radius 2 is 2.07 bits per heavy atom. The van der Waals surface area contributed by atoms with Crippen molar-refractivity contribution in [2.75, 3.05) is 31.5 Å². The van der Waals surface area contributed by atoms with Gasteiger partial charge >= 0.3 is 0 Å². The van der Waals surface area contributed by atoms with Crippen LogP contribution in [-0.2, 0) is 10.0 Å². The first-order valence-electron chi connectivity index (χ1n) is 15.1. The molecule has 0 saturated carbocycles. The summed E-state index contributed by atoms with van der Waals surface area (Å²) in [5, 5.41) is 14.8. The lowest BCUT2D eigenvalue weighted by Gasteiger charge is -2.45. The summed E-state index contributed by atoms with van der Waals surface area (Å²) in [6, 6.07) is 3.83. The van der Waals surface area contributed by atoms with Crippen molar-refractivity contribution in [3.05, 3.63) is 42.2 Å². The first kappa shape index (κ1) is 31.8. The molecule has 2 fully saturated rings. The second kappa shape index (κ2) is 12.8. The molecule has 1 unspecified atom stereocenters. The molecule has 4 N–H and O–H groups in total. The van der Waals surface area contributed by atoms with E-state index in [1.165, 1.54) is 46.3 Å². The van der Waals surface area contributed by atoms with Gasteiger partial charge in [0, 0.05) is 43.2 Å². The van der Waals surface area contributed by atoms with Gasteiger partial charge in [0.1, 0.15) is 17.8 Å². The highest BCUT2D eigenvalue weighted by atomic mass is 32.2. The molecule has 0 spiro atoms. The molecular formula is C30H42FN9O3S. The number of nitrogens with one attached hydrogen (secondary N) is 2. The van der Waals surface area contributed by atoms with Gasteiger partial charge in [-0.3, -0.25) is 4.90 Å². The Hall–Kier alpha value is -3.62. The van der Waals surface area contributed by atoms with Gasteiger partial charge in [-0.15, -0.1) is 5.10 Å². The number of sulfonamides is 1. The van der Waals surface area contributed by atoms with E-state index >= 15 is 4.39 Å². The summed E-state index contributed by atoms with van der Waals surface area (Å²) in [5.74, 6) is -0.186. The van der Waals surface area contributed by atoms with Gasteiger partial charge in [-0.1, -0.05) is 6.42 Å². The fraction of sp³-hybridized carbons (Fsp3) is 0.533. The van der Waals surface area contributed by atoms with E-state index in [0.717, 1.165) is 44.6 Å². The van der Waals surface area contributed by atoms with Crippen LogP contribution in [0.4, 0.5) is 16.0 Å². The van der Waals surface area contributed by atoms with Crippen molar-refractivity contribution in [2.45, 2.75) is 76.3 Å². The molecule has 12 nitrogen and oxygen atoms in total. The van der Waals surface area contributed by atoms with Crippen LogP contribution in [0.5, 0.6) is 5.75 Å². The molecule has 2 aliphatic rings. The number of nitrogens with two attached hydrogens (primary N) is 1. The third-order valence-corrected chi connectivity index (χ3v) is 10.3. The number of hydrogen-bond acceptors (Lipinski definition) is 10. The summed E-state index contributed by atoms with van der Waals surface area (Å²) in [7, 11) is -3.88. The Kier molecular flexibility index (Phi) is 9.23. The van der Waals surface area contributed by atoms with Crippen molar-refractivity contribution in [2.24, 2.45) is 11.7 Å². The molecule has 1 atom stereocenters. The number of nitrogens with zero attached hydrogens (tertiary/aromatic N) is 6. The largest absolute Gasteiger partial charge is 0.485 e. The van der Waals surface area contributed by atoms with E-state index in [-0.39, 0.29) is 39.8 Å². The molecule has 14 heteroatoms. The normalized spacial score (nSPS) is 20.2. The molecule has 0 amide bonds. The minimum absolute atomic E-state index is 0.0188. The fourth-order valence-electron chi connectivity index (χ4n) is 6.03. The maximum Gasteiger partial charge on any atom is 0.247 e. The summed E-state index contributed by atoms with van der Waals surface area (Å²) in [6.45, 7) is 11.0. The number of fused-ring (bicyclic) bond motifs is 1. The SMILES string of the molecule is CC(C)Oc1c(/C(C=N)=C/N)ncn2nc(Nc3ccc(S(=O)(=O)N4CCCC(CN5CCCCC5(C)C)C4)cc3F)nc12. The average molecular weight is 628 g/mol. The number of anilines is 2. The highest BCUT2D eigenvalue weighted by Crippen LogP contribution is 2.33. The number of rotatable bonds is 10. The molecule has 0 bridgehead atoms. The number of hydrogen-bond donors (Lipinski definition) is 3. The van der Waals surface area contributed by atoms with E-state index in [4.69, 9.17) is 15.9 Å². The Morgan fingerprint density at radius 1 is 1.27 bits per heavy atom. The first-order valence-corrected chi connectivity index (χ1v) is 16.5. The lowest BCUT2D eigenvalue weighted by molar-refractivity contribution is 0.0500. The molecular weight excluding hydrogens is 585 g/mol. The van der Waals surface area contributed by atoms with E-state index in [9.17, 15) is 8.42 Å². The van der Waals surface area contributed by atoms with E-state index in [1.54, 1.807) is 0 Å². The van der Waals surface area contributed by atoms with Gasteiger partial charge in [0.05, 0.1) is 16.7 Å². The number of piperidine rings is 2. The van der Waals surface area contributed by atoms with Crippen molar-refractivity contribution < 1.29 is 17.5 Å². The van der Waals surface area contributed by atoms with Gasteiger partial charge in [0.15, 0.2) is 5.75 Å². The van der Waals surface area contributed by atoms with Crippen molar-refractivity contribution in [3.63, 3.8) is 0 Å². The van der Waals surface area contributed by atoms with E-state index in [2.05, 4.69) is 39.1 Å². The van der Waals surface area contributed by atoms with Crippen LogP contribution >= 0.6 is 0 Å². The molecule has 2 aliphatic heterocycles. The van der Waals surface area contributed by atoms with Crippen LogP contribution in [-0.4, -0.2) is 81.2 Å². The fourth-order valence-corrected chi connectivity index (χ4v) is 7.59. The smallest absolute Gasteiger partial charge is 0.247 e. The minimum atomic E-state index is -3.88. The van der Waals surface area contributed by atoms with Crippen LogP contribution in [0, 0.1) is 17.1 Å². The lowest BCUT2D eigenvalue weighted by atomic mass is 9.88. The Morgan fingerprint density at radius 3 is 2.75 bits per heavy atom. The molecule has 5 rings (SSSR count). The number of likely N-dealkylation sites (tertiary alicyclic amines) is 1. The Balaban J connectivity index is 1.34. The van der Waals surface area contributed by atoms with Gasteiger partial charge in [-0.25, -0.2) is 17.8 Å². The number of aromatic nitrogens is 4. The number of benzene rings is 1. The minimum Gasteiger partial charge on any atom is -0.485 e. The predicted octanol–water partition coefficient (Wildman–Crippen LogP) is 4.41. The van der Waals surface area contributed by atoms with Gasteiger partial charge in [0.2, 0.25) is 21.6 Å². The van der Waals surface area contributed by atoms with Gasteiger partial charge < -0.3 is 21.2 Å². The Labute approximate surface area is 258 Å². The number of ether oxygens (including phenoxy) is 1. The van der Waals surface area contributed by atoms with E-state index in [0.29, 0.717) is 30.0 Å². The first-order chi connectivity index (χ1) is 20.9. The van der Waals surface area contributed by atoms with Gasteiger partial charge in [-0.2, -0.15) is 13.8 Å². The summed E-state index contributed by atoms with van der Waals surface area (Å²) < 4.78 is 51.4. The maximum absolute atomic E-state index is 15.4. The van der Waals surface area contributed by atoms with Crippen molar-refractivity contribution in [1.29, 1.82) is 5.41 Å². The molecule has 1 aromatic carbocycles. The molecule has 44 heavy (non-hydrogen) atoms. The van der Waals surface area contributed by atoms with Crippen LogP contribution in [0.1, 0.15) is 65.5 Å². The highest BCUT2D eigenvalue weighted by Gasteiger charge is 2.35. The third-order valence-electron chi connectivity index (χ3n) is 8.42. The second-order valence-electron chi connectivity index (χ2n) is 12.4. The molecule has 4 heterocycles. The zero-order chi connectivity index (χ0) is 31.6. The lowest BCUT2D eigenvalue weighted by Crippen LogP contribution is -2.51. The van der Waals surface area contributed by atoms with Crippen molar-refractivity contribution in [1.82, 2.24) is 28.8 Å². The van der Waals surface area contributed by atoms with Crippen LogP contribution in [0.3, 0.4) is 0 Å². The number of allylic oxidation sites excluding steroid dienone is 1. The van der Waals surface area contributed by atoms with Crippen LogP contribution in [0.15, 0.2) is 35.6 Å². The third kappa shape index (κ3) is 6.57. The summed E-state index contributed by atoms with van der Waals surface area (Å²) in [5.41, 5.74) is 6.76. The van der Waals surface area contributed by atoms with Crippen LogP contribution < -0.4 is 15.8 Å². The molecule has 0 radical (unpaired) electrons. The van der Waals surface area contributed by atoms with Crippen LogP contribution in [0.25, 0.3) is 11.2 Å². The van der Waals surface area contributed by atoms with Gasteiger partial charge in [-0.05, 0) is 84.0 Å². The monoisotopic (exact) mass is 627 g/mol. The maximum atomic E-state index is 15.4. The zero-order valence-corrected chi connectivity index (χ0v) is 26.6. The van der Waals surface area contributed by atoms with Crippen molar-refractivity contribution in [3.8, 4) is 5.75 Å². The van der Waals surface area contributed by atoms with E-state index in [1.807, 2.05) is 13.8 Å². The second-order valence-corrected chi connectivity index (χ2v) is 14.4. The average Bonchev–Trinajstić information content (AvgIpc) is 3.40. The zero-order valence-electron chi connectivity index (χ0n) is 25.8. The molecule has 0 aliphatic carbocycles. The molecule has 2 aromatic heterocycles. The Bertz CT molecular complexity index is 1650. The number of halogens is 1. The standard InChI is InChI=1S/C30H42FN9O3S/c1-20(2)43-27-26(22(15-32)16-33)34-19-40-28(27)36-29(37-40)35-25-10-9-23(14-24(25)31)44(41,42)39-13-7-8-21(18-39)17-38-12-6-5-11-30(38,3)4/h9-10,14-16,19-21,32H,5-8,11-13,17-18,33H2,1-4H3,(H,35,37)/b22-16+,32-15?. The summed E-state index contributed by atoms with van der Waals surface area (Å²) >= 11 is 0. The topological polar surface area (TPSA) is 155 Å². The summed E-state index contributed by atoms with van der Waals surface area (Å²) in [6.07, 6.45) is 8.77. The van der Waals surface area contributed by atoms with Crippen molar-refractivity contribution >= 4 is 39.1 Å². The van der Waals surface area contributed by atoms with Gasteiger partial charge in [0.25, 0.3) is 0 Å². The molecule has 238 valence electrons. The summed E-state index contributed by atoms with van der Waals surface area (Å²) in [4.78, 5) is 11.2. The molecule has 2 saturated heterocycles. The quantitative estimate of drug-likeness (QED) is 0.277. The predicted molar refractivity (Wildman–Crippen MR) is 168 cm³/mol.